The van der Waals surface area contributed by atoms with Gasteiger partial charge in [0, 0.05) is 0 Å². The smallest absolute Gasteiger partial charge is 0.249 e. The molecule has 5 heteroatoms. The van der Waals surface area contributed by atoms with E-state index in [2.05, 4.69) is 67.8 Å². The zero-order chi connectivity index (χ0) is 46.5. The lowest BCUT2D eigenvalue weighted by Gasteiger charge is -2.21. The Morgan fingerprint density at radius 1 is 0.391 bits per heavy atom. The van der Waals surface area contributed by atoms with Crippen molar-refractivity contribution in [2.45, 2.75) is 302 Å². The molecule has 0 saturated carbocycles. The largest absolute Gasteiger partial charge is 0.394 e. The highest BCUT2D eigenvalue weighted by molar-refractivity contribution is 5.80. The van der Waals surface area contributed by atoms with E-state index in [0.717, 1.165) is 51.4 Å². The fourth-order valence-corrected chi connectivity index (χ4v) is 8.43. The Kier molecular flexibility index (Phi) is 52.0. The highest BCUT2D eigenvalue weighted by Gasteiger charge is 2.22. The number of carbonyl (C=O) groups excluding carboxylic acids is 1. The summed E-state index contributed by atoms with van der Waals surface area (Å²) in [5.41, 5.74) is 0. The van der Waals surface area contributed by atoms with Crippen molar-refractivity contribution in [2.75, 3.05) is 6.61 Å². The predicted octanol–water partition coefficient (Wildman–Crippen LogP) is 17.4. The van der Waals surface area contributed by atoms with Crippen LogP contribution in [0.15, 0.2) is 60.8 Å². The molecular formula is C59H109NO4. The number of rotatable bonds is 51. The lowest BCUT2D eigenvalue weighted by Crippen LogP contribution is -2.48. The van der Waals surface area contributed by atoms with Crippen LogP contribution in [0.2, 0.25) is 0 Å². The molecular weight excluding hydrogens is 787 g/mol. The van der Waals surface area contributed by atoms with E-state index in [0.29, 0.717) is 6.42 Å². The monoisotopic (exact) mass is 896 g/mol. The van der Waals surface area contributed by atoms with Gasteiger partial charge in [-0.25, -0.2) is 0 Å². The molecule has 0 aromatic rings. The van der Waals surface area contributed by atoms with Crippen molar-refractivity contribution in [3.63, 3.8) is 0 Å². The van der Waals surface area contributed by atoms with Crippen LogP contribution in [0.3, 0.4) is 0 Å². The molecule has 0 aromatic carbocycles. The number of unbranched alkanes of at least 4 members (excludes halogenated alkanes) is 35. The van der Waals surface area contributed by atoms with Gasteiger partial charge in [-0.15, -0.1) is 0 Å². The summed E-state index contributed by atoms with van der Waals surface area (Å²) in [6.07, 6.45) is 73.1. The van der Waals surface area contributed by atoms with Gasteiger partial charge in [0.1, 0.15) is 6.10 Å². The molecule has 0 aliphatic rings. The summed E-state index contributed by atoms with van der Waals surface area (Å²) in [5, 5.41) is 33.3. The Morgan fingerprint density at radius 2 is 0.688 bits per heavy atom. The van der Waals surface area contributed by atoms with Gasteiger partial charge in [0.05, 0.1) is 18.8 Å². The number of nitrogens with one attached hydrogen (secondary N) is 1. The summed E-state index contributed by atoms with van der Waals surface area (Å²) in [6.45, 7) is 4.17. The van der Waals surface area contributed by atoms with Crippen molar-refractivity contribution in [3.8, 4) is 0 Å². The van der Waals surface area contributed by atoms with Crippen LogP contribution in [0.25, 0.3) is 0 Å². The van der Waals surface area contributed by atoms with Crippen molar-refractivity contribution in [3.05, 3.63) is 60.8 Å². The van der Waals surface area contributed by atoms with E-state index in [1.54, 1.807) is 6.08 Å². The maximum absolute atomic E-state index is 12.5. The van der Waals surface area contributed by atoms with Crippen LogP contribution < -0.4 is 5.32 Å². The molecule has 0 radical (unpaired) electrons. The van der Waals surface area contributed by atoms with E-state index < -0.39 is 24.2 Å². The molecule has 0 aliphatic carbocycles. The molecule has 1 amide bonds. The SMILES string of the molecule is CCCCCCCC/C=C/CC/C=C/CC/C=C/C(O)C(CO)NC(=O)C(O)CCCCCCCCCCCCCCCCCC/C=C\C/C=C\CCCCCCCCCCCCC. The van der Waals surface area contributed by atoms with Gasteiger partial charge < -0.3 is 20.6 Å². The maximum atomic E-state index is 12.5. The van der Waals surface area contributed by atoms with Gasteiger partial charge in [0.25, 0.3) is 0 Å². The van der Waals surface area contributed by atoms with E-state index in [4.69, 9.17) is 0 Å². The topological polar surface area (TPSA) is 89.8 Å². The van der Waals surface area contributed by atoms with Crippen molar-refractivity contribution in [1.29, 1.82) is 0 Å². The van der Waals surface area contributed by atoms with Gasteiger partial charge in [-0.2, -0.15) is 0 Å². The van der Waals surface area contributed by atoms with Crippen LogP contribution in [-0.4, -0.2) is 46.1 Å². The second kappa shape index (κ2) is 53.7. The average molecular weight is 897 g/mol. The second-order valence-electron chi connectivity index (χ2n) is 19.1. The standard InChI is InChI=1S/C59H109NO4/c1-3-5-7-9-11-13-15-17-19-21-22-23-24-25-26-27-28-29-30-31-32-33-34-35-36-37-38-40-42-44-46-48-50-52-54-58(63)59(64)60-56(55-61)57(62)53-51-49-47-45-43-41-39-20-18-16-14-12-10-8-6-4-2/h18,20,24-25,27-28,43,45,51,53,56-58,61-63H,3-17,19,21-23,26,29-42,44,46-50,52,54-55H2,1-2H3,(H,60,64)/b20-18+,25-24-,28-27-,45-43+,53-51+. The van der Waals surface area contributed by atoms with E-state index >= 15 is 0 Å². The van der Waals surface area contributed by atoms with Gasteiger partial charge in [-0.1, -0.05) is 267 Å². The maximum Gasteiger partial charge on any atom is 0.249 e. The van der Waals surface area contributed by atoms with Crippen LogP contribution in [-0.2, 0) is 4.79 Å². The predicted molar refractivity (Wildman–Crippen MR) is 282 cm³/mol. The summed E-state index contributed by atoms with van der Waals surface area (Å²) in [7, 11) is 0. The van der Waals surface area contributed by atoms with Crippen molar-refractivity contribution >= 4 is 5.91 Å². The third-order valence-corrected chi connectivity index (χ3v) is 12.8. The summed E-state index contributed by atoms with van der Waals surface area (Å²) in [4.78, 5) is 12.5. The lowest BCUT2D eigenvalue weighted by molar-refractivity contribution is -0.131. The molecule has 5 nitrogen and oxygen atoms in total. The van der Waals surface area contributed by atoms with E-state index in [-0.39, 0.29) is 6.61 Å². The molecule has 0 rings (SSSR count). The molecule has 374 valence electrons. The number of allylic oxidation sites excluding steroid dienone is 9. The molecule has 3 atom stereocenters. The number of aliphatic hydroxyl groups excluding tert-OH is 3. The molecule has 4 N–H and O–H groups in total. The van der Waals surface area contributed by atoms with Crippen LogP contribution in [0, 0.1) is 0 Å². The molecule has 0 aliphatic heterocycles. The zero-order valence-electron chi connectivity index (χ0n) is 42.7. The van der Waals surface area contributed by atoms with Gasteiger partial charge in [-0.3, -0.25) is 4.79 Å². The van der Waals surface area contributed by atoms with Crippen LogP contribution in [0.1, 0.15) is 284 Å². The van der Waals surface area contributed by atoms with Crippen LogP contribution >= 0.6 is 0 Å². The zero-order valence-corrected chi connectivity index (χ0v) is 42.7. The van der Waals surface area contributed by atoms with Crippen molar-refractivity contribution in [1.82, 2.24) is 5.32 Å². The third-order valence-electron chi connectivity index (χ3n) is 12.8. The lowest BCUT2D eigenvalue weighted by atomic mass is 10.0. The highest BCUT2D eigenvalue weighted by atomic mass is 16.3. The third kappa shape index (κ3) is 48.0. The number of aliphatic hydroxyl groups is 3. The quantitative estimate of drug-likeness (QED) is 0.0362. The van der Waals surface area contributed by atoms with Gasteiger partial charge in [-0.05, 0) is 77.0 Å². The van der Waals surface area contributed by atoms with Crippen molar-refractivity contribution < 1.29 is 20.1 Å². The number of amides is 1. The van der Waals surface area contributed by atoms with Crippen molar-refractivity contribution in [2.24, 2.45) is 0 Å². The summed E-state index contributed by atoms with van der Waals surface area (Å²) >= 11 is 0. The molecule has 0 bridgehead atoms. The first kappa shape index (κ1) is 62.1. The first-order valence-corrected chi connectivity index (χ1v) is 28.1. The minimum atomic E-state index is -1.11. The first-order chi connectivity index (χ1) is 31.6. The Balaban J connectivity index is 3.57. The van der Waals surface area contributed by atoms with E-state index in [1.165, 1.54) is 212 Å². The summed E-state index contributed by atoms with van der Waals surface area (Å²) in [5.74, 6) is -0.516. The molecule has 0 aromatic heterocycles. The fraction of sp³-hybridized carbons (Fsp3) is 0.814. The molecule has 64 heavy (non-hydrogen) atoms. The minimum absolute atomic E-state index is 0.382. The molecule has 0 saturated heterocycles. The van der Waals surface area contributed by atoms with Gasteiger partial charge >= 0.3 is 0 Å². The average Bonchev–Trinajstić information content (AvgIpc) is 3.30. The van der Waals surface area contributed by atoms with Crippen LogP contribution in [0.4, 0.5) is 0 Å². The van der Waals surface area contributed by atoms with E-state index in [1.807, 2.05) is 6.08 Å². The Bertz CT molecular complexity index is 1080. The van der Waals surface area contributed by atoms with Crippen LogP contribution in [0.5, 0.6) is 0 Å². The number of hydrogen-bond donors (Lipinski definition) is 4. The second-order valence-corrected chi connectivity index (χ2v) is 19.1. The molecule has 3 unspecified atom stereocenters. The van der Waals surface area contributed by atoms with Gasteiger partial charge in [0.15, 0.2) is 0 Å². The molecule has 0 heterocycles. The van der Waals surface area contributed by atoms with Gasteiger partial charge in [0.2, 0.25) is 5.91 Å². The Hall–Kier alpha value is -1.95. The molecule has 0 fully saturated rings. The molecule has 0 spiro atoms. The normalized spacial score (nSPS) is 13.8. The number of carbonyl (C=O) groups is 1. The summed E-state index contributed by atoms with van der Waals surface area (Å²) < 4.78 is 0. The van der Waals surface area contributed by atoms with E-state index in [9.17, 15) is 20.1 Å². The first-order valence-electron chi connectivity index (χ1n) is 28.1. The highest BCUT2D eigenvalue weighted by Crippen LogP contribution is 2.16. The number of hydrogen-bond acceptors (Lipinski definition) is 4. The minimum Gasteiger partial charge on any atom is -0.394 e. The fourth-order valence-electron chi connectivity index (χ4n) is 8.43. The Labute approximate surface area is 399 Å². The summed E-state index contributed by atoms with van der Waals surface area (Å²) in [6, 6.07) is -0.823. The Morgan fingerprint density at radius 3 is 1.05 bits per heavy atom.